The first-order valence-corrected chi connectivity index (χ1v) is 15.1. The van der Waals surface area contributed by atoms with E-state index >= 15 is 4.39 Å². The molecule has 12 heteroatoms. The standard InChI is InChI=1S/C32H28F3N5O3S/c1-20(41)37-13-15-38(16-14-37)27(42)18-39-28(43)19-44-31(25-12-9-23(34)17-26(25)35)29-30(21-5-3-2-4-6-21)36-40(32(29)39)24-10-7-22(33)8-11-24/h2-12,17,31H,13-16,18-19H2,1H3. The molecule has 0 bridgehead atoms. The van der Waals surface area contributed by atoms with Crippen LogP contribution in [0.2, 0.25) is 0 Å². The fourth-order valence-electron chi connectivity index (χ4n) is 5.56. The number of carbonyl (C=O) groups is 3. The van der Waals surface area contributed by atoms with Gasteiger partial charge in [0.15, 0.2) is 0 Å². The van der Waals surface area contributed by atoms with Gasteiger partial charge in [0, 0.05) is 55.9 Å². The Labute approximate surface area is 256 Å². The van der Waals surface area contributed by atoms with Crippen LogP contribution < -0.4 is 4.90 Å². The highest BCUT2D eigenvalue weighted by Crippen LogP contribution is 2.49. The minimum absolute atomic E-state index is 0.0721. The quantitative estimate of drug-likeness (QED) is 0.320. The number of halogens is 3. The maximum atomic E-state index is 15.4. The minimum Gasteiger partial charge on any atom is -0.339 e. The van der Waals surface area contributed by atoms with Crippen LogP contribution >= 0.6 is 11.8 Å². The molecule has 3 heterocycles. The van der Waals surface area contributed by atoms with E-state index in [9.17, 15) is 23.2 Å². The molecule has 44 heavy (non-hydrogen) atoms. The fourth-order valence-corrected chi connectivity index (χ4v) is 6.78. The number of piperazine rings is 1. The Hall–Kier alpha value is -4.58. The molecule has 3 amide bonds. The lowest BCUT2D eigenvalue weighted by Crippen LogP contribution is -2.53. The first-order chi connectivity index (χ1) is 21.2. The normalized spacial score (nSPS) is 17.0. The molecular weight excluding hydrogens is 591 g/mol. The van der Waals surface area contributed by atoms with Gasteiger partial charge in [0.05, 0.1) is 22.4 Å². The number of anilines is 1. The van der Waals surface area contributed by atoms with Crippen molar-refractivity contribution in [3.63, 3.8) is 0 Å². The Morgan fingerprint density at radius 1 is 0.886 bits per heavy atom. The molecule has 0 N–H and O–H groups in total. The first kappa shape index (κ1) is 29.5. The van der Waals surface area contributed by atoms with E-state index in [1.807, 2.05) is 30.3 Å². The monoisotopic (exact) mass is 619 g/mol. The SMILES string of the molecule is CC(=O)N1CCN(C(=O)CN2C(=O)CSC(c3ccc(F)cc3F)c3c(-c4ccccc4)nn(-c4ccc(F)cc4)c32)CC1. The Balaban J connectivity index is 1.52. The van der Waals surface area contributed by atoms with Crippen LogP contribution in [-0.2, 0) is 14.4 Å². The zero-order valence-electron chi connectivity index (χ0n) is 23.8. The van der Waals surface area contributed by atoms with Gasteiger partial charge in [0.2, 0.25) is 17.7 Å². The smallest absolute Gasteiger partial charge is 0.242 e. The van der Waals surface area contributed by atoms with Gasteiger partial charge >= 0.3 is 0 Å². The van der Waals surface area contributed by atoms with Crippen LogP contribution in [0, 0.1) is 17.5 Å². The molecule has 1 aromatic heterocycles. The van der Waals surface area contributed by atoms with Crippen LogP contribution in [0.3, 0.4) is 0 Å². The van der Waals surface area contributed by atoms with Crippen molar-refractivity contribution in [3.05, 3.63) is 101 Å². The number of hydrogen-bond acceptors (Lipinski definition) is 5. The molecule has 2 aliphatic heterocycles. The molecule has 1 atom stereocenters. The van der Waals surface area contributed by atoms with E-state index in [1.165, 1.54) is 52.9 Å². The number of amides is 3. The fraction of sp³-hybridized carbons (Fsp3) is 0.250. The van der Waals surface area contributed by atoms with Crippen molar-refractivity contribution in [2.24, 2.45) is 0 Å². The highest BCUT2D eigenvalue weighted by Gasteiger charge is 2.39. The molecule has 0 saturated carbocycles. The summed E-state index contributed by atoms with van der Waals surface area (Å²) in [5, 5.41) is 4.09. The van der Waals surface area contributed by atoms with Crippen LogP contribution in [0.15, 0.2) is 72.8 Å². The maximum Gasteiger partial charge on any atom is 0.242 e. The minimum atomic E-state index is -0.793. The number of carbonyl (C=O) groups excluding carboxylic acids is 3. The van der Waals surface area contributed by atoms with Crippen LogP contribution in [0.25, 0.3) is 16.9 Å². The van der Waals surface area contributed by atoms with E-state index < -0.39 is 28.6 Å². The maximum absolute atomic E-state index is 15.4. The van der Waals surface area contributed by atoms with Gasteiger partial charge in [-0.2, -0.15) is 5.10 Å². The van der Waals surface area contributed by atoms with Crippen LogP contribution in [0.1, 0.15) is 23.3 Å². The summed E-state index contributed by atoms with van der Waals surface area (Å²) in [6.07, 6.45) is 0. The molecule has 1 fully saturated rings. The Morgan fingerprint density at radius 3 is 2.20 bits per heavy atom. The van der Waals surface area contributed by atoms with Crippen molar-refractivity contribution in [2.45, 2.75) is 12.2 Å². The lowest BCUT2D eigenvalue weighted by Gasteiger charge is -2.35. The van der Waals surface area contributed by atoms with Crippen molar-refractivity contribution < 1.29 is 27.6 Å². The summed E-state index contributed by atoms with van der Waals surface area (Å²) >= 11 is 1.16. The molecule has 4 aromatic rings. The van der Waals surface area contributed by atoms with E-state index in [1.54, 1.807) is 9.80 Å². The second-order valence-corrected chi connectivity index (χ2v) is 11.7. The number of thioether (sulfide) groups is 1. The number of hydrogen-bond donors (Lipinski definition) is 0. The lowest BCUT2D eigenvalue weighted by atomic mass is 9.99. The number of benzene rings is 3. The Morgan fingerprint density at radius 2 is 1.55 bits per heavy atom. The molecule has 0 aliphatic carbocycles. The summed E-state index contributed by atoms with van der Waals surface area (Å²) < 4.78 is 44.9. The zero-order chi connectivity index (χ0) is 31.0. The molecule has 0 spiro atoms. The van der Waals surface area contributed by atoms with Gasteiger partial charge in [-0.3, -0.25) is 19.3 Å². The van der Waals surface area contributed by atoms with E-state index in [4.69, 9.17) is 5.10 Å². The third-order valence-corrected chi connectivity index (χ3v) is 9.06. The molecule has 2 aliphatic rings. The number of rotatable bonds is 5. The molecule has 6 rings (SSSR count). The summed E-state index contributed by atoms with van der Waals surface area (Å²) in [6, 6.07) is 18.0. The van der Waals surface area contributed by atoms with Crippen LogP contribution in [0.5, 0.6) is 0 Å². The van der Waals surface area contributed by atoms with Crippen molar-refractivity contribution in [1.29, 1.82) is 0 Å². The molecule has 0 radical (unpaired) electrons. The summed E-state index contributed by atoms with van der Waals surface area (Å²) in [5.41, 5.74) is 2.17. The van der Waals surface area contributed by atoms with Gasteiger partial charge in [-0.1, -0.05) is 36.4 Å². The van der Waals surface area contributed by atoms with E-state index in [2.05, 4.69) is 0 Å². The molecule has 1 unspecified atom stereocenters. The van der Waals surface area contributed by atoms with Gasteiger partial charge in [-0.15, -0.1) is 11.8 Å². The largest absolute Gasteiger partial charge is 0.339 e. The van der Waals surface area contributed by atoms with Crippen molar-refractivity contribution in [1.82, 2.24) is 19.6 Å². The predicted molar refractivity (Wildman–Crippen MR) is 161 cm³/mol. The van der Waals surface area contributed by atoms with Crippen LogP contribution in [0.4, 0.5) is 19.0 Å². The zero-order valence-corrected chi connectivity index (χ0v) is 24.6. The highest BCUT2D eigenvalue weighted by molar-refractivity contribution is 8.00. The third-order valence-electron chi connectivity index (χ3n) is 7.82. The van der Waals surface area contributed by atoms with E-state index in [-0.39, 0.29) is 35.5 Å². The first-order valence-electron chi connectivity index (χ1n) is 14.1. The number of aromatic nitrogens is 2. The number of nitrogens with zero attached hydrogens (tertiary/aromatic N) is 5. The molecular formula is C32H28F3N5O3S. The van der Waals surface area contributed by atoms with Crippen molar-refractivity contribution in [3.8, 4) is 16.9 Å². The second kappa shape index (κ2) is 12.2. The Kier molecular flexibility index (Phi) is 8.17. The van der Waals surface area contributed by atoms with Crippen LogP contribution in [-0.4, -0.2) is 75.8 Å². The summed E-state index contributed by atoms with van der Waals surface area (Å²) in [6.45, 7) is 2.55. The van der Waals surface area contributed by atoms with Crippen molar-refractivity contribution >= 4 is 35.3 Å². The molecule has 226 valence electrons. The Bertz CT molecular complexity index is 1720. The van der Waals surface area contributed by atoms with Gasteiger partial charge in [-0.25, -0.2) is 17.9 Å². The summed E-state index contributed by atoms with van der Waals surface area (Å²) in [5.74, 6) is -2.63. The van der Waals surface area contributed by atoms with Crippen molar-refractivity contribution in [2.75, 3.05) is 43.4 Å². The molecule has 3 aromatic carbocycles. The van der Waals surface area contributed by atoms with Gasteiger partial charge in [-0.05, 0) is 30.3 Å². The van der Waals surface area contributed by atoms with Gasteiger partial charge in [0.25, 0.3) is 0 Å². The molecule has 8 nitrogen and oxygen atoms in total. The van der Waals surface area contributed by atoms with E-state index in [0.717, 1.165) is 17.8 Å². The molecule has 1 saturated heterocycles. The number of fused-ring (bicyclic) bond motifs is 1. The van der Waals surface area contributed by atoms with Gasteiger partial charge in [0.1, 0.15) is 29.8 Å². The highest BCUT2D eigenvalue weighted by atomic mass is 32.2. The lowest BCUT2D eigenvalue weighted by molar-refractivity contribution is -0.137. The topological polar surface area (TPSA) is 78.8 Å². The third kappa shape index (κ3) is 5.69. The predicted octanol–water partition coefficient (Wildman–Crippen LogP) is 4.82. The summed E-state index contributed by atoms with van der Waals surface area (Å²) in [4.78, 5) is 43.9. The summed E-state index contributed by atoms with van der Waals surface area (Å²) in [7, 11) is 0. The van der Waals surface area contributed by atoms with Gasteiger partial charge < -0.3 is 9.80 Å². The second-order valence-electron chi connectivity index (χ2n) is 10.6. The average molecular weight is 620 g/mol. The van der Waals surface area contributed by atoms with E-state index in [0.29, 0.717) is 48.7 Å². The average Bonchev–Trinajstić information content (AvgIpc) is 3.35.